The minimum atomic E-state index is -0.936. The van der Waals surface area contributed by atoms with E-state index >= 15 is 0 Å². The Hall–Kier alpha value is -1.56. The summed E-state index contributed by atoms with van der Waals surface area (Å²) in [6.07, 6.45) is 1.01. The van der Waals surface area contributed by atoms with E-state index in [1.807, 2.05) is 18.9 Å². The molecule has 0 aliphatic carbocycles. The average Bonchev–Trinajstić information content (AvgIpc) is 2.81. The molecule has 2 rings (SSSR count). The van der Waals surface area contributed by atoms with Crippen LogP contribution >= 0.6 is 0 Å². The molecule has 2 heterocycles. The van der Waals surface area contributed by atoms with Crippen molar-refractivity contribution < 1.29 is 14.6 Å². The van der Waals surface area contributed by atoms with Crippen LogP contribution < -0.4 is 4.90 Å². The van der Waals surface area contributed by atoms with E-state index in [9.17, 15) is 9.90 Å². The highest BCUT2D eigenvalue weighted by Gasteiger charge is 2.32. The normalized spacial score (nSPS) is 23.3. The van der Waals surface area contributed by atoms with Crippen molar-refractivity contribution in [3.8, 4) is 0 Å². The zero-order chi connectivity index (χ0) is 13.4. The molecule has 0 spiro atoms. The lowest BCUT2D eigenvalue weighted by atomic mass is 10.1. The van der Waals surface area contributed by atoms with E-state index < -0.39 is 5.97 Å². The summed E-state index contributed by atoms with van der Waals surface area (Å²) in [5, 5.41) is 13.5. The molecular weight excluding hydrogens is 234 g/mol. The Kier molecular flexibility index (Phi) is 3.30. The van der Waals surface area contributed by atoms with Gasteiger partial charge in [0.05, 0.1) is 17.8 Å². The van der Waals surface area contributed by atoms with Gasteiger partial charge in [0.1, 0.15) is 11.4 Å². The minimum absolute atomic E-state index is 0.104. The topological polar surface area (TPSA) is 67.6 Å². The summed E-state index contributed by atoms with van der Waals surface area (Å²) in [4.78, 5) is 13.3. The number of aryl methyl sites for hydroxylation is 2. The van der Waals surface area contributed by atoms with Crippen LogP contribution in [0, 0.1) is 6.92 Å². The van der Waals surface area contributed by atoms with E-state index in [0.29, 0.717) is 11.5 Å². The van der Waals surface area contributed by atoms with Crippen LogP contribution in [0.4, 0.5) is 5.82 Å². The van der Waals surface area contributed by atoms with Crippen molar-refractivity contribution in [2.45, 2.75) is 32.4 Å². The monoisotopic (exact) mass is 253 g/mol. The summed E-state index contributed by atoms with van der Waals surface area (Å²) in [6, 6.07) is 0.192. The van der Waals surface area contributed by atoms with Crippen LogP contribution in [0.1, 0.15) is 29.4 Å². The van der Waals surface area contributed by atoms with Gasteiger partial charge in [-0.25, -0.2) is 4.79 Å². The highest BCUT2D eigenvalue weighted by Crippen LogP contribution is 2.28. The number of ether oxygens (including phenoxy) is 1. The quantitative estimate of drug-likeness (QED) is 0.871. The summed E-state index contributed by atoms with van der Waals surface area (Å²) in [5.41, 5.74) is 0.817. The first-order valence-electron chi connectivity index (χ1n) is 6.04. The number of anilines is 1. The van der Waals surface area contributed by atoms with Crippen LogP contribution in [0.3, 0.4) is 0 Å². The second-order valence-electron chi connectivity index (χ2n) is 4.76. The molecule has 1 fully saturated rings. The number of carbonyl (C=O) groups is 1. The number of likely N-dealkylation sites (N-methyl/N-ethyl adjacent to an activating group) is 1. The van der Waals surface area contributed by atoms with Crippen LogP contribution in [0.5, 0.6) is 0 Å². The Morgan fingerprint density at radius 3 is 2.78 bits per heavy atom. The second-order valence-corrected chi connectivity index (χ2v) is 4.76. The van der Waals surface area contributed by atoms with Gasteiger partial charge in [0.15, 0.2) is 0 Å². The van der Waals surface area contributed by atoms with Gasteiger partial charge in [0, 0.05) is 20.7 Å². The third-order valence-electron chi connectivity index (χ3n) is 3.57. The first-order valence-corrected chi connectivity index (χ1v) is 6.04. The van der Waals surface area contributed by atoms with Gasteiger partial charge in [-0.3, -0.25) is 4.68 Å². The van der Waals surface area contributed by atoms with Crippen molar-refractivity contribution in [3.05, 3.63) is 11.3 Å². The first kappa shape index (κ1) is 12.9. The van der Waals surface area contributed by atoms with E-state index in [4.69, 9.17) is 4.74 Å². The molecule has 1 aromatic heterocycles. The second kappa shape index (κ2) is 4.61. The number of carboxylic acid groups (broad SMARTS) is 1. The molecule has 6 heteroatoms. The predicted molar refractivity (Wildman–Crippen MR) is 67.1 cm³/mol. The number of aromatic carboxylic acids is 1. The maximum absolute atomic E-state index is 11.3. The van der Waals surface area contributed by atoms with Crippen LogP contribution in [-0.2, 0) is 11.8 Å². The van der Waals surface area contributed by atoms with E-state index in [2.05, 4.69) is 5.10 Å². The molecule has 2 atom stereocenters. The molecule has 100 valence electrons. The Labute approximate surface area is 106 Å². The zero-order valence-electron chi connectivity index (χ0n) is 11.2. The summed E-state index contributed by atoms with van der Waals surface area (Å²) >= 11 is 0. The smallest absolute Gasteiger partial charge is 0.341 e. The Morgan fingerprint density at radius 2 is 2.28 bits per heavy atom. The fourth-order valence-corrected chi connectivity index (χ4v) is 2.69. The number of aromatic nitrogens is 2. The Bertz CT molecular complexity index is 469. The highest BCUT2D eigenvalue weighted by molar-refractivity contribution is 5.94. The largest absolute Gasteiger partial charge is 0.477 e. The molecular formula is C12H19N3O3. The van der Waals surface area contributed by atoms with Gasteiger partial charge in [-0.2, -0.15) is 5.10 Å². The first-order chi connectivity index (χ1) is 8.43. The van der Waals surface area contributed by atoms with E-state index in [-0.39, 0.29) is 17.7 Å². The molecule has 0 saturated carbocycles. The fourth-order valence-electron chi connectivity index (χ4n) is 2.69. The minimum Gasteiger partial charge on any atom is -0.477 e. The van der Waals surface area contributed by atoms with Gasteiger partial charge in [-0.1, -0.05) is 0 Å². The lowest BCUT2D eigenvalue weighted by Gasteiger charge is -2.29. The SMILES string of the molecule is Cc1nn(C)c(N(C)C2CCOC2C)c1C(=O)O. The molecule has 2 unspecified atom stereocenters. The summed E-state index contributed by atoms with van der Waals surface area (Å²) < 4.78 is 7.17. The van der Waals surface area contributed by atoms with Gasteiger partial charge < -0.3 is 14.7 Å². The lowest BCUT2D eigenvalue weighted by Crippen LogP contribution is -2.38. The van der Waals surface area contributed by atoms with Gasteiger partial charge in [-0.05, 0) is 20.3 Å². The molecule has 0 radical (unpaired) electrons. The van der Waals surface area contributed by atoms with Gasteiger partial charge in [-0.15, -0.1) is 0 Å². The van der Waals surface area contributed by atoms with Crippen molar-refractivity contribution in [1.29, 1.82) is 0 Å². The third kappa shape index (κ3) is 1.96. The molecule has 0 aromatic carbocycles. The molecule has 0 bridgehead atoms. The summed E-state index contributed by atoms with van der Waals surface area (Å²) in [7, 11) is 3.67. The zero-order valence-corrected chi connectivity index (χ0v) is 11.2. The average molecular weight is 253 g/mol. The van der Waals surface area contributed by atoms with Gasteiger partial charge >= 0.3 is 5.97 Å². The fraction of sp³-hybridized carbons (Fsp3) is 0.667. The van der Waals surface area contributed by atoms with Crippen LogP contribution in [0.15, 0.2) is 0 Å². The van der Waals surface area contributed by atoms with E-state index in [0.717, 1.165) is 13.0 Å². The standard InChI is InChI=1S/C12H19N3O3/c1-7-10(12(16)17)11(15(4)13-7)14(3)9-5-6-18-8(9)2/h8-9H,5-6H2,1-4H3,(H,16,17). The van der Waals surface area contributed by atoms with Crippen molar-refractivity contribution in [2.24, 2.45) is 7.05 Å². The van der Waals surface area contributed by atoms with Gasteiger partial charge in [0.2, 0.25) is 0 Å². The maximum atomic E-state index is 11.3. The molecule has 1 N–H and O–H groups in total. The molecule has 6 nitrogen and oxygen atoms in total. The number of hydrogen-bond acceptors (Lipinski definition) is 4. The van der Waals surface area contributed by atoms with E-state index in [1.54, 1.807) is 18.7 Å². The number of carboxylic acids is 1. The third-order valence-corrected chi connectivity index (χ3v) is 3.57. The summed E-state index contributed by atoms with van der Waals surface area (Å²) in [6.45, 7) is 4.45. The predicted octanol–water partition coefficient (Wildman–Crippen LogP) is 1.04. The van der Waals surface area contributed by atoms with Crippen molar-refractivity contribution >= 4 is 11.8 Å². The Morgan fingerprint density at radius 1 is 1.61 bits per heavy atom. The van der Waals surface area contributed by atoms with Crippen molar-refractivity contribution in [2.75, 3.05) is 18.6 Å². The number of rotatable bonds is 3. The molecule has 1 aromatic rings. The highest BCUT2D eigenvalue weighted by atomic mass is 16.5. The molecule has 0 amide bonds. The van der Waals surface area contributed by atoms with Gasteiger partial charge in [0.25, 0.3) is 0 Å². The van der Waals surface area contributed by atoms with Crippen LogP contribution in [0.25, 0.3) is 0 Å². The summed E-state index contributed by atoms with van der Waals surface area (Å²) in [5.74, 6) is -0.295. The van der Waals surface area contributed by atoms with Crippen LogP contribution in [0.2, 0.25) is 0 Å². The molecule has 1 saturated heterocycles. The Balaban J connectivity index is 2.40. The molecule has 18 heavy (non-hydrogen) atoms. The van der Waals surface area contributed by atoms with Crippen LogP contribution in [-0.4, -0.2) is 46.7 Å². The molecule has 1 aliphatic heterocycles. The van der Waals surface area contributed by atoms with Crippen molar-refractivity contribution in [3.63, 3.8) is 0 Å². The lowest BCUT2D eigenvalue weighted by molar-refractivity contribution is 0.0696. The maximum Gasteiger partial charge on any atom is 0.341 e. The van der Waals surface area contributed by atoms with E-state index in [1.165, 1.54) is 0 Å². The number of hydrogen-bond donors (Lipinski definition) is 1. The number of nitrogens with zero attached hydrogens (tertiary/aromatic N) is 3. The molecule has 1 aliphatic rings. The van der Waals surface area contributed by atoms with Crippen molar-refractivity contribution in [1.82, 2.24) is 9.78 Å².